The van der Waals surface area contributed by atoms with Gasteiger partial charge in [0.1, 0.15) is 5.82 Å². The Morgan fingerprint density at radius 1 is 1.05 bits per heavy atom. The summed E-state index contributed by atoms with van der Waals surface area (Å²) in [5, 5.41) is 3.49. The van der Waals surface area contributed by atoms with Crippen LogP contribution < -0.4 is 5.32 Å². The molecule has 1 atom stereocenters. The van der Waals surface area contributed by atoms with Gasteiger partial charge in [-0.15, -0.1) is 0 Å². The lowest BCUT2D eigenvalue weighted by atomic mass is 9.97. The number of nitrogens with zero attached hydrogens (tertiary/aromatic N) is 2. The third kappa shape index (κ3) is 4.90. The van der Waals surface area contributed by atoms with Crippen molar-refractivity contribution < 1.29 is 0 Å². The molecule has 1 unspecified atom stereocenters. The van der Waals surface area contributed by atoms with E-state index < -0.39 is 0 Å². The van der Waals surface area contributed by atoms with E-state index >= 15 is 0 Å². The van der Waals surface area contributed by atoms with Crippen LogP contribution in [-0.4, -0.2) is 22.6 Å². The Bertz CT molecular complexity index is 376. The van der Waals surface area contributed by atoms with Gasteiger partial charge in [0.15, 0.2) is 0 Å². The summed E-state index contributed by atoms with van der Waals surface area (Å²) in [5.74, 6) is 1.47. The normalized spacial score (nSPS) is 13.0. The van der Waals surface area contributed by atoms with Gasteiger partial charge in [0, 0.05) is 30.4 Å². The smallest absolute Gasteiger partial charge is 0.128 e. The zero-order valence-corrected chi connectivity index (χ0v) is 13.4. The second-order valence-corrected chi connectivity index (χ2v) is 5.79. The third-order valence-corrected chi connectivity index (χ3v) is 3.45. The standard InChI is InChI=1S/C16H29N3/c1-7-8-9-15-18-13(5)16(14(6)19-15)12(4)10-17-11(2)3/h11-12,17H,7-10H2,1-6H3. The molecule has 0 aliphatic heterocycles. The average Bonchev–Trinajstić information content (AvgIpc) is 2.33. The van der Waals surface area contributed by atoms with Crippen LogP contribution in [0.4, 0.5) is 0 Å². The summed E-state index contributed by atoms with van der Waals surface area (Å²) in [5.41, 5.74) is 3.61. The Hall–Kier alpha value is -0.960. The number of rotatable bonds is 7. The maximum Gasteiger partial charge on any atom is 0.128 e. The largest absolute Gasteiger partial charge is 0.314 e. The molecule has 19 heavy (non-hydrogen) atoms. The summed E-state index contributed by atoms with van der Waals surface area (Å²) in [7, 11) is 0. The highest BCUT2D eigenvalue weighted by molar-refractivity contribution is 5.28. The minimum atomic E-state index is 0.461. The van der Waals surface area contributed by atoms with Crippen LogP contribution in [0.3, 0.4) is 0 Å². The van der Waals surface area contributed by atoms with Crippen LogP contribution >= 0.6 is 0 Å². The number of nitrogens with one attached hydrogen (secondary N) is 1. The molecule has 0 fully saturated rings. The zero-order chi connectivity index (χ0) is 14.4. The zero-order valence-electron chi connectivity index (χ0n) is 13.4. The topological polar surface area (TPSA) is 37.8 Å². The van der Waals surface area contributed by atoms with Crippen LogP contribution in [0, 0.1) is 13.8 Å². The number of unbranched alkanes of at least 4 members (excludes halogenated alkanes) is 1. The number of hydrogen-bond acceptors (Lipinski definition) is 3. The van der Waals surface area contributed by atoms with E-state index in [1.165, 1.54) is 18.4 Å². The van der Waals surface area contributed by atoms with Gasteiger partial charge < -0.3 is 5.32 Å². The van der Waals surface area contributed by atoms with Crippen LogP contribution in [0.15, 0.2) is 0 Å². The summed E-state index contributed by atoms with van der Waals surface area (Å²) < 4.78 is 0. The highest BCUT2D eigenvalue weighted by Gasteiger charge is 2.15. The quantitative estimate of drug-likeness (QED) is 0.817. The highest BCUT2D eigenvalue weighted by Crippen LogP contribution is 2.21. The predicted octanol–water partition coefficient (Wildman–Crippen LogP) is 3.54. The molecule has 0 radical (unpaired) electrons. The second kappa shape index (κ2) is 7.59. The molecule has 3 heteroatoms. The molecular weight excluding hydrogens is 234 g/mol. The van der Waals surface area contributed by atoms with Crippen molar-refractivity contribution in [1.29, 1.82) is 0 Å². The average molecular weight is 263 g/mol. The van der Waals surface area contributed by atoms with E-state index in [1.54, 1.807) is 0 Å². The first-order chi connectivity index (χ1) is 8.95. The van der Waals surface area contributed by atoms with Gasteiger partial charge in [-0.1, -0.05) is 34.1 Å². The van der Waals surface area contributed by atoms with Gasteiger partial charge in [-0.25, -0.2) is 9.97 Å². The third-order valence-electron chi connectivity index (χ3n) is 3.45. The molecule has 3 nitrogen and oxygen atoms in total. The minimum Gasteiger partial charge on any atom is -0.314 e. The van der Waals surface area contributed by atoms with Gasteiger partial charge in [-0.2, -0.15) is 0 Å². The number of aromatic nitrogens is 2. The van der Waals surface area contributed by atoms with Gasteiger partial charge in [0.2, 0.25) is 0 Å². The molecule has 0 saturated carbocycles. The first-order valence-corrected chi connectivity index (χ1v) is 7.53. The van der Waals surface area contributed by atoms with E-state index in [-0.39, 0.29) is 0 Å². The second-order valence-electron chi connectivity index (χ2n) is 5.79. The molecule has 1 aromatic heterocycles. The van der Waals surface area contributed by atoms with Gasteiger partial charge in [0.05, 0.1) is 0 Å². The van der Waals surface area contributed by atoms with Crippen LogP contribution in [-0.2, 0) is 6.42 Å². The number of aryl methyl sites for hydroxylation is 3. The molecule has 108 valence electrons. The van der Waals surface area contributed by atoms with Crippen molar-refractivity contribution in [3.8, 4) is 0 Å². The molecular formula is C16H29N3. The van der Waals surface area contributed by atoms with E-state index in [9.17, 15) is 0 Å². The Morgan fingerprint density at radius 3 is 2.11 bits per heavy atom. The van der Waals surface area contributed by atoms with E-state index in [4.69, 9.17) is 0 Å². The van der Waals surface area contributed by atoms with Crippen molar-refractivity contribution in [2.75, 3.05) is 6.54 Å². The molecule has 0 saturated heterocycles. The Kier molecular flexibility index (Phi) is 6.43. The van der Waals surface area contributed by atoms with Crippen molar-refractivity contribution in [3.63, 3.8) is 0 Å². The lowest BCUT2D eigenvalue weighted by Crippen LogP contribution is -2.28. The molecule has 0 spiro atoms. The van der Waals surface area contributed by atoms with Gasteiger partial charge in [-0.05, 0) is 31.7 Å². The highest BCUT2D eigenvalue weighted by atomic mass is 14.9. The first-order valence-electron chi connectivity index (χ1n) is 7.53. The van der Waals surface area contributed by atoms with Crippen LogP contribution in [0.2, 0.25) is 0 Å². The maximum atomic E-state index is 4.68. The van der Waals surface area contributed by atoms with Crippen LogP contribution in [0.25, 0.3) is 0 Å². The molecule has 1 N–H and O–H groups in total. The minimum absolute atomic E-state index is 0.461. The summed E-state index contributed by atoms with van der Waals surface area (Å²) in [6.07, 6.45) is 3.36. The lowest BCUT2D eigenvalue weighted by Gasteiger charge is -2.19. The summed E-state index contributed by atoms with van der Waals surface area (Å²) >= 11 is 0. The van der Waals surface area contributed by atoms with E-state index in [1.807, 2.05) is 0 Å². The number of hydrogen-bond donors (Lipinski definition) is 1. The van der Waals surface area contributed by atoms with Crippen molar-refractivity contribution in [2.24, 2.45) is 0 Å². The summed E-state index contributed by atoms with van der Waals surface area (Å²) in [6, 6.07) is 0.521. The summed E-state index contributed by atoms with van der Waals surface area (Å²) in [4.78, 5) is 9.36. The van der Waals surface area contributed by atoms with E-state index in [0.717, 1.165) is 30.2 Å². The van der Waals surface area contributed by atoms with E-state index in [0.29, 0.717) is 12.0 Å². The van der Waals surface area contributed by atoms with Gasteiger partial charge in [-0.3, -0.25) is 0 Å². The molecule has 1 aromatic rings. The Morgan fingerprint density at radius 2 is 1.63 bits per heavy atom. The maximum absolute atomic E-state index is 4.68. The van der Waals surface area contributed by atoms with E-state index in [2.05, 4.69) is 56.8 Å². The molecule has 1 heterocycles. The van der Waals surface area contributed by atoms with Crippen LogP contribution in [0.1, 0.15) is 69.2 Å². The van der Waals surface area contributed by atoms with Crippen LogP contribution in [0.5, 0.6) is 0 Å². The first kappa shape index (κ1) is 16.1. The van der Waals surface area contributed by atoms with Gasteiger partial charge in [0.25, 0.3) is 0 Å². The van der Waals surface area contributed by atoms with Crippen molar-refractivity contribution >= 4 is 0 Å². The fraction of sp³-hybridized carbons (Fsp3) is 0.750. The monoisotopic (exact) mass is 263 g/mol. The predicted molar refractivity (Wildman–Crippen MR) is 81.7 cm³/mol. The Labute approximate surface area is 118 Å². The van der Waals surface area contributed by atoms with Crippen molar-refractivity contribution in [1.82, 2.24) is 15.3 Å². The summed E-state index contributed by atoms with van der Waals surface area (Å²) in [6.45, 7) is 14.0. The molecule has 0 amide bonds. The molecule has 0 bridgehead atoms. The fourth-order valence-corrected chi connectivity index (χ4v) is 2.47. The molecule has 0 aromatic carbocycles. The SMILES string of the molecule is CCCCc1nc(C)c(C(C)CNC(C)C)c(C)n1. The molecule has 1 rings (SSSR count). The molecule has 0 aliphatic carbocycles. The molecule has 0 aliphatic rings. The van der Waals surface area contributed by atoms with Gasteiger partial charge >= 0.3 is 0 Å². The van der Waals surface area contributed by atoms with Crippen molar-refractivity contribution in [2.45, 2.75) is 72.8 Å². The fourth-order valence-electron chi connectivity index (χ4n) is 2.47. The Balaban J connectivity index is 2.83. The lowest BCUT2D eigenvalue weighted by molar-refractivity contribution is 0.542. The van der Waals surface area contributed by atoms with Crippen molar-refractivity contribution in [3.05, 3.63) is 22.8 Å².